The molecule has 0 aliphatic heterocycles. The number of hydrogen-bond donors (Lipinski definition) is 0. The molecule has 2 nitrogen and oxygen atoms in total. The SMILES string of the molecule is O=C(CC(=O)C(Cl)(Cl)Cl)c1cccs1. The van der Waals surface area contributed by atoms with Crippen LogP contribution in [0.4, 0.5) is 0 Å². The molecule has 0 spiro atoms. The van der Waals surface area contributed by atoms with E-state index in [1.807, 2.05) is 0 Å². The number of carbonyl (C=O) groups excluding carboxylic acids is 2. The van der Waals surface area contributed by atoms with Crippen molar-refractivity contribution >= 4 is 57.7 Å². The molecule has 0 N–H and O–H groups in total. The fourth-order valence-corrected chi connectivity index (χ4v) is 1.64. The quantitative estimate of drug-likeness (QED) is 0.480. The summed E-state index contributed by atoms with van der Waals surface area (Å²) < 4.78 is -2.01. The Morgan fingerprint density at radius 2 is 2.00 bits per heavy atom. The van der Waals surface area contributed by atoms with Crippen LogP contribution in [0.5, 0.6) is 0 Å². The highest BCUT2D eigenvalue weighted by molar-refractivity contribution is 7.12. The molecule has 0 bridgehead atoms. The van der Waals surface area contributed by atoms with Crippen LogP contribution in [0.3, 0.4) is 0 Å². The maximum Gasteiger partial charge on any atom is 0.249 e. The highest BCUT2D eigenvalue weighted by Crippen LogP contribution is 2.29. The molecule has 1 aromatic heterocycles. The zero-order valence-electron chi connectivity index (χ0n) is 6.80. The number of Topliss-reactive ketones (excluding diaryl/α,β-unsaturated/α-hetero) is 2. The van der Waals surface area contributed by atoms with Crippen molar-refractivity contribution in [1.29, 1.82) is 0 Å². The predicted molar refractivity (Wildman–Crippen MR) is 58.6 cm³/mol. The summed E-state index contributed by atoms with van der Waals surface area (Å²) in [6.45, 7) is 0. The van der Waals surface area contributed by atoms with E-state index in [4.69, 9.17) is 34.8 Å². The topological polar surface area (TPSA) is 34.1 Å². The van der Waals surface area contributed by atoms with Gasteiger partial charge in [-0.15, -0.1) is 11.3 Å². The molecule has 0 aliphatic rings. The molecule has 0 aromatic carbocycles. The smallest absolute Gasteiger partial charge is 0.249 e. The molecule has 14 heavy (non-hydrogen) atoms. The Morgan fingerprint density at radius 3 is 2.43 bits per heavy atom. The van der Waals surface area contributed by atoms with Crippen LogP contribution in [0.15, 0.2) is 17.5 Å². The van der Waals surface area contributed by atoms with Crippen LogP contribution < -0.4 is 0 Å². The third kappa shape index (κ3) is 3.24. The summed E-state index contributed by atoms with van der Waals surface area (Å²) in [5, 5.41) is 1.74. The standard InChI is InChI=1S/C8H5Cl3O2S/c9-8(10,11)7(13)4-5(12)6-2-1-3-14-6/h1-3H,4H2. The van der Waals surface area contributed by atoms with Gasteiger partial charge in [0.2, 0.25) is 3.79 Å². The third-order valence-corrected chi connectivity index (χ3v) is 2.98. The number of ketones is 2. The third-order valence-electron chi connectivity index (χ3n) is 1.43. The molecule has 0 atom stereocenters. The molecule has 0 saturated carbocycles. The summed E-state index contributed by atoms with van der Waals surface area (Å²) in [5.41, 5.74) is 0. The van der Waals surface area contributed by atoms with Crippen molar-refractivity contribution in [3.8, 4) is 0 Å². The second-order valence-electron chi connectivity index (χ2n) is 2.50. The summed E-state index contributed by atoms with van der Waals surface area (Å²) in [6, 6.07) is 3.34. The van der Waals surface area contributed by atoms with E-state index in [0.29, 0.717) is 4.88 Å². The Balaban J connectivity index is 2.63. The maximum atomic E-state index is 11.4. The van der Waals surface area contributed by atoms with Gasteiger partial charge in [0.15, 0.2) is 11.6 Å². The lowest BCUT2D eigenvalue weighted by atomic mass is 10.2. The van der Waals surface area contributed by atoms with E-state index < -0.39 is 9.58 Å². The number of rotatable bonds is 3. The summed E-state index contributed by atoms with van der Waals surface area (Å²) >= 11 is 17.2. The van der Waals surface area contributed by atoms with E-state index in [2.05, 4.69) is 0 Å². The fourth-order valence-electron chi connectivity index (χ4n) is 0.770. The Kier molecular flexibility index (Phi) is 3.95. The Hall–Kier alpha value is -0.0900. The van der Waals surface area contributed by atoms with Crippen LogP contribution in [0, 0.1) is 0 Å². The van der Waals surface area contributed by atoms with E-state index in [-0.39, 0.29) is 12.2 Å². The van der Waals surface area contributed by atoms with Crippen LogP contribution in [-0.4, -0.2) is 15.4 Å². The lowest BCUT2D eigenvalue weighted by Crippen LogP contribution is -2.21. The number of thiophene rings is 1. The lowest BCUT2D eigenvalue weighted by molar-refractivity contribution is -0.117. The summed E-state index contributed by atoms with van der Waals surface area (Å²) in [6.07, 6.45) is -0.378. The fraction of sp³-hybridized carbons (Fsp3) is 0.250. The Bertz CT molecular complexity index is 340. The number of halogens is 3. The van der Waals surface area contributed by atoms with Crippen molar-refractivity contribution in [3.63, 3.8) is 0 Å². The molecule has 0 fully saturated rings. The normalized spacial score (nSPS) is 11.4. The van der Waals surface area contributed by atoms with Crippen molar-refractivity contribution < 1.29 is 9.59 Å². The van der Waals surface area contributed by atoms with Crippen LogP contribution in [0.1, 0.15) is 16.1 Å². The average molecular weight is 272 g/mol. The molecule has 0 saturated heterocycles. The van der Waals surface area contributed by atoms with Gasteiger partial charge >= 0.3 is 0 Å². The van der Waals surface area contributed by atoms with Gasteiger partial charge in [-0.3, -0.25) is 9.59 Å². The first kappa shape index (κ1) is 12.0. The largest absolute Gasteiger partial charge is 0.294 e. The summed E-state index contributed by atoms with van der Waals surface area (Å²) in [5.74, 6) is -1.03. The van der Waals surface area contributed by atoms with Crippen LogP contribution >= 0.6 is 46.1 Å². The molecule has 6 heteroatoms. The van der Waals surface area contributed by atoms with Gasteiger partial charge in [0.05, 0.1) is 11.3 Å². The van der Waals surface area contributed by atoms with E-state index in [1.54, 1.807) is 17.5 Å². The maximum absolute atomic E-state index is 11.4. The lowest BCUT2D eigenvalue weighted by Gasteiger charge is -2.07. The molecule has 1 heterocycles. The van der Waals surface area contributed by atoms with Gasteiger partial charge in [0, 0.05) is 0 Å². The summed E-state index contributed by atoms with van der Waals surface area (Å²) in [4.78, 5) is 23.0. The first-order valence-electron chi connectivity index (χ1n) is 3.58. The minimum absolute atomic E-state index is 0.323. The van der Waals surface area contributed by atoms with Gasteiger partial charge in [0.1, 0.15) is 0 Å². The second-order valence-corrected chi connectivity index (χ2v) is 5.73. The van der Waals surface area contributed by atoms with Gasteiger partial charge in [0.25, 0.3) is 0 Å². The van der Waals surface area contributed by atoms with E-state index in [1.165, 1.54) is 11.3 Å². The minimum atomic E-state index is -2.01. The van der Waals surface area contributed by atoms with Gasteiger partial charge < -0.3 is 0 Å². The van der Waals surface area contributed by atoms with Crippen molar-refractivity contribution in [2.24, 2.45) is 0 Å². The highest BCUT2D eigenvalue weighted by atomic mass is 35.6. The average Bonchev–Trinajstić information content (AvgIpc) is 2.53. The van der Waals surface area contributed by atoms with Gasteiger partial charge in [-0.2, -0.15) is 0 Å². The van der Waals surface area contributed by atoms with Gasteiger partial charge in [-0.1, -0.05) is 40.9 Å². The Labute approximate surface area is 99.8 Å². The summed E-state index contributed by atoms with van der Waals surface area (Å²) in [7, 11) is 0. The van der Waals surface area contributed by atoms with E-state index >= 15 is 0 Å². The van der Waals surface area contributed by atoms with Crippen molar-refractivity contribution in [1.82, 2.24) is 0 Å². The van der Waals surface area contributed by atoms with Gasteiger partial charge in [-0.25, -0.2) is 0 Å². The van der Waals surface area contributed by atoms with Crippen molar-refractivity contribution in [3.05, 3.63) is 22.4 Å². The molecular weight excluding hydrogens is 267 g/mol. The molecule has 1 rings (SSSR count). The molecule has 0 amide bonds. The van der Waals surface area contributed by atoms with Crippen molar-refractivity contribution in [2.75, 3.05) is 0 Å². The molecule has 0 aliphatic carbocycles. The molecular formula is C8H5Cl3O2S. The Morgan fingerprint density at radius 1 is 1.36 bits per heavy atom. The molecule has 1 aromatic rings. The second kappa shape index (κ2) is 4.62. The number of hydrogen-bond acceptors (Lipinski definition) is 3. The minimum Gasteiger partial charge on any atom is -0.294 e. The van der Waals surface area contributed by atoms with E-state index in [9.17, 15) is 9.59 Å². The van der Waals surface area contributed by atoms with Crippen LogP contribution in [0.25, 0.3) is 0 Å². The van der Waals surface area contributed by atoms with Crippen LogP contribution in [-0.2, 0) is 4.79 Å². The molecule has 76 valence electrons. The zero-order valence-corrected chi connectivity index (χ0v) is 9.88. The van der Waals surface area contributed by atoms with E-state index in [0.717, 1.165) is 0 Å². The highest BCUT2D eigenvalue weighted by Gasteiger charge is 2.32. The molecule has 0 unspecified atom stereocenters. The van der Waals surface area contributed by atoms with Gasteiger partial charge in [-0.05, 0) is 11.4 Å². The number of carbonyl (C=O) groups is 2. The van der Waals surface area contributed by atoms with Crippen LogP contribution in [0.2, 0.25) is 0 Å². The number of alkyl halides is 3. The zero-order chi connectivity index (χ0) is 10.8. The predicted octanol–water partition coefficient (Wildman–Crippen LogP) is 3.26. The first-order valence-corrected chi connectivity index (χ1v) is 5.59. The van der Waals surface area contributed by atoms with Crippen molar-refractivity contribution in [2.45, 2.75) is 10.2 Å². The molecule has 0 radical (unpaired) electrons. The monoisotopic (exact) mass is 270 g/mol. The first-order chi connectivity index (χ1) is 6.41.